The van der Waals surface area contributed by atoms with Gasteiger partial charge in [-0.25, -0.2) is 4.79 Å². The van der Waals surface area contributed by atoms with Crippen LogP contribution < -0.4 is 5.56 Å². The average Bonchev–Trinajstić information content (AvgIpc) is 2.27. The summed E-state index contributed by atoms with van der Waals surface area (Å²) in [5.41, 5.74) is 0.457. The Kier molecular flexibility index (Phi) is 4.42. The van der Waals surface area contributed by atoms with E-state index in [4.69, 9.17) is 0 Å². The molecule has 1 heterocycles. The molecule has 0 fully saturated rings. The Morgan fingerprint density at radius 2 is 2.18 bits per heavy atom. The van der Waals surface area contributed by atoms with Crippen molar-refractivity contribution in [2.75, 3.05) is 6.61 Å². The predicted octanol–water partition coefficient (Wildman–Crippen LogP) is -0.359. The summed E-state index contributed by atoms with van der Waals surface area (Å²) in [6.07, 6.45) is -1.82. The van der Waals surface area contributed by atoms with Crippen molar-refractivity contribution in [3.63, 3.8) is 0 Å². The number of ether oxygens (including phenoxy) is 1. The summed E-state index contributed by atoms with van der Waals surface area (Å²) >= 11 is 0. The molecule has 1 rings (SSSR count). The Balaban J connectivity index is 2.92. The summed E-state index contributed by atoms with van der Waals surface area (Å²) in [6, 6.07) is 1.27. The summed E-state index contributed by atoms with van der Waals surface area (Å²) in [7, 11) is 0. The summed E-state index contributed by atoms with van der Waals surface area (Å²) in [4.78, 5) is 24.6. The van der Waals surface area contributed by atoms with Crippen molar-refractivity contribution in [3.05, 3.63) is 33.7 Å². The van der Waals surface area contributed by atoms with Crippen molar-refractivity contribution >= 4 is 5.97 Å². The largest absolute Gasteiger partial charge is 0.464 e. The van der Waals surface area contributed by atoms with Gasteiger partial charge < -0.3 is 19.9 Å². The van der Waals surface area contributed by atoms with Gasteiger partial charge in [0.15, 0.2) is 6.10 Å². The molecular weight excluding hydrogens is 226 g/mol. The lowest BCUT2D eigenvalue weighted by Crippen LogP contribution is -2.30. The average molecular weight is 241 g/mol. The second-order valence-corrected chi connectivity index (χ2v) is 3.58. The molecule has 0 radical (unpaired) electrons. The topological polar surface area (TPSA) is 99.6 Å². The number of hydrogen-bond acceptors (Lipinski definition) is 5. The summed E-state index contributed by atoms with van der Waals surface area (Å²) in [5.74, 6) is -0.898. The van der Waals surface area contributed by atoms with Gasteiger partial charge in [0.25, 0.3) is 0 Å². The summed E-state index contributed by atoms with van der Waals surface area (Å²) < 4.78 is 4.59. The Morgan fingerprint density at radius 1 is 1.53 bits per heavy atom. The molecule has 0 saturated heterocycles. The SMILES string of the molecule is CCOC(=O)C(O)C(O)c1c[nH]c(=O)cc1C. The maximum absolute atomic E-state index is 11.2. The fourth-order valence-corrected chi connectivity index (χ4v) is 1.43. The molecule has 1 aromatic heterocycles. The monoisotopic (exact) mass is 241 g/mol. The smallest absolute Gasteiger partial charge is 0.338 e. The number of rotatable bonds is 4. The molecule has 0 aliphatic carbocycles. The van der Waals surface area contributed by atoms with E-state index in [0.29, 0.717) is 5.56 Å². The van der Waals surface area contributed by atoms with Crippen LogP contribution in [0.15, 0.2) is 17.1 Å². The zero-order valence-electron chi connectivity index (χ0n) is 9.64. The molecule has 0 aromatic carbocycles. The highest BCUT2D eigenvalue weighted by atomic mass is 16.5. The number of carbonyl (C=O) groups excluding carboxylic acids is 1. The first-order valence-corrected chi connectivity index (χ1v) is 5.19. The maximum Gasteiger partial charge on any atom is 0.338 e. The van der Waals surface area contributed by atoms with Gasteiger partial charge in [0, 0.05) is 17.8 Å². The first kappa shape index (κ1) is 13.4. The molecule has 6 heteroatoms. The van der Waals surface area contributed by atoms with E-state index < -0.39 is 18.2 Å². The van der Waals surface area contributed by atoms with E-state index in [0.717, 1.165) is 0 Å². The number of aliphatic hydroxyl groups is 2. The number of carbonyl (C=O) groups is 1. The quantitative estimate of drug-likeness (QED) is 0.625. The van der Waals surface area contributed by atoms with Crippen LogP contribution in [0.5, 0.6) is 0 Å². The molecule has 0 spiro atoms. The van der Waals surface area contributed by atoms with E-state index in [2.05, 4.69) is 9.72 Å². The van der Waals surface area contributed by atoms with Crippen molar-refractivity contribution < 1.29 is 19.7 Å². The van der Waals surface area contributed by atoms with Gasteiger partial charge in [-0.15, -0.1) is 0 Å². The van der Waals surface area contributed by atoms with Gasteiger partial charge >= 0.3 is 5.97 Å². The third-order valence-corrected chi connectivity index (χ3v) is 2.32. The van der Waals surface area contributed by atoms with Gasteiger partial charge in [-0.1, -0.05) is 0 Å². The normalized spacial score (nSPS) is 14.1. The number of aliphatic hydroxyl groups excluding tert-OH is 2. The van der Waals surface area contributed by atoms with Crippen LogP contribution in [0.25, 0.3) is 0 Å². The highest BCUT2D eigenvalue weighted by Gasteiger charge is 2.28. The molecule has 2 unspecified atom stereocenters. The molecular formula is C11H15NO5. The van der Waals surface area contributed by atoms with Crippen LogP contribution in [0.2, 0.25) is 0 Å². The lowest BCUT2D eigenvalue weighted by atomic mass is 10.0. The van der Waals surface area contributed by atoms with Crippen molar-refractivity contribution in [2.45, 2.75) is 26.1 Å². The third-order valence-electron chi connectivity index (χ3n) is 2.32. The summed E-state index contributed by atoms with van der Waals surface area (Å²) in [5, 5.41) is 19.3. The van der Waals surface area contributed by atoms with Crippen molar-refractivity contribution in [3.8, 4) is 0 Å². The van der Waals surface area contributed by atoms with Crippen LogP contribution in [0.4, 0.5) is 0 Å². The molecule has 0 saturated carbocycles. The summed E-state index contributed by atoms with van der Waals surface area (Å²) in [6.45, 7) is 3.32. The lowest BCUT2D eigenvalue weighted by Gasteiger charge is -2.17. The van der Waals surface area contributed by atoms with Gasteiger partial charge in [0.05, 0.1) is 6.61 Å². The zero-order valence-corrected chi connectivity index (χ0v) is 9.64. The van der Waals surface area contributed by atoms with Gasteiger partial charge in [-0.05, 0) is 19.4 Å². The highest BCUT2D eigenvalue weighted by Crippen LogP contribution is 2.19. The van der Waals surface area contributed by atoms with E-state index in [1.165, 1.54) is 12.3 Å². The maximum atomic E-state index is 11.2. The van der Waals surface area contributed by atoms with Crippen LogP contribution in [0.1, 0.15) is 24.2 Å². The number of nitrogens with one attached hydrogen (secondary N) is 1. The number of esters is 1. The van der Waals surface area contributed by atoms with Gasteiger partial charge in [0.1, 0.15) is 6.10 Å². The Morgan fingerprint density at radius 3 is 2.71 bits per heavy atom. The minimum absolute atomic E-state index is 0.118. The molecule has 1 aromatic rings. The Bertz CT molecular complexity index is 453. The van der Waals surface area contributed by atoms with E-state index in [9.17, 15) is 19.8 Å². The van der Waals surface area contributed by atoms with Crippen molar-refractivity contribution in [1.29, 1.82) is 0 Å². The Labute approximate surface area is 97.9 Å². The minimum Gasteiger partial charge on any atom is -0.464 e. The van der Waals surface area contributed by atoms with E-state index in [-0.39, 0.29) is 17.7 Å². The first-order valence-electron chi connectivity index (χ1n) is 5.19. The molecule has 3 N–H and O–H groups in total. The Hall–Kier alpha value is -1.66. The molecule has 0 aliphatic heterocycles. The van der Waals surface area contributed by atoms with Crippen molar-refractivity contribution in [2.24, 2.45) is 0 Å². The molecule has 2 atom stereocenters. The molecule has 0 aliphatic rings. The lowest BCUT2D eigenvalue weighted by molar-refractivity contribution is -0.159. The second kappa shape index (κ2) is 5.60. The molecule has 94 valence electrons. The van der Waals surface area contributed by atoms with Gasteiger partial charge in [-0.3, -0.25) is 4.79 Å². The second-order valence-electron chi connectivity index (χ2n) is 3.58. The molecule has 0 amide bonds. The first-order chi connectivity index (χ1) is 7.97. The standard InChI is InChI=1S/C11H15NO5/c1-3-17-11(16)10(15)9(14)7-5-12-8(13)4-6(7)2/h4-5,9-10,14-15H,3H2,1-2H3,(H,12,13). The number of aryl methyl sites for hydroxylation is 1. The number of aromatic nitrogens is 1. The third kappa shape index (κ3) is 3.15. The van der Waals surface area contributed by atoms with E-state index in [1.54, 1.807) is 13.8 Å². The number of H-pyrrole nitrogens is 1. The zero-order chi connectivity index (χ0) is 13.0. The number of aromatic amines is 1. The molecule has 6 nitrogen and oxygen atoms in total. The predicted molar refractivity (Wildman–Crippen MR) is 59.4 cm³/mol. The van der Waals surface area contributed by atoms with Crippen LogP contribution in [-0.2, 0) is 9.53 Å². The van der Waals surface area contributed by atoms with Crippen molar-refractivity contribution in [1.82, 2.24) is 4.98 Å². The van der Waals surface area contributed by atoms with Gasteiger partial charge in [-0.2, -0.15) is 0 Å². The fourth-order valence-electron chi connectivity index (χ4n) is 1.43. The van der Waals surface area contributed by atoms with E-state index in [1.807, 2.05) is 0 Å². The van der Waals surface area contributed by atoms with Crippen LogP contribution >= 0.6 is 0 Å². The fraction of sp³-hybridized carbons (Fsp3) is 0.455. The molecule has 17 heavy (non-hydrogen) atoms. The highest BCUT2D eigenvalue weighted by molar-refractivity contribution is 5.75. The van der Waals surface area contributed by atoms with Crippen LogP contribution in [0.3, 0.4) is 0 Å². The number of hydrogen-bond donors (Lipinski definition) is 3. The molecule has 0 bridgehead atoms. The minimum atomic E-state index is -1.67. The van der Waals surface area contributed by atoms with Crippen LogP contribution in [0, 0.1) is 6.92 Å². The number of pyridine rings is 1. The van der Waals surface area contributed by atoms with Gasteiger partial charge in [0.2, 0.25) is 5.56 Å². The van der Waals surface area contributed by atoms with Crippen LogP contribution in [-0.4, -0.2) is 33.9 Å². The van der Waals surface area contributed by atoms with E-state index >= 15 is 0 Å².